The number of hydrogen-bond acceptors (Lipinski definition) is 4. The van der Waals surface area contributed by atoms with Crippen molar-refractivity contribution in [3.63, 3.8) is 0 Å². The van der Waals surface area contributed by atoms with Crippen molar-refractivity contribution in [3.8, 4) is 0 Å². The van der Waals surface area contributed by atoms with E-state index in [1.165, 1.54) is 24.0 Å². The molecule has 0 aliphatic heterocycles. The van der Waals surface area contributed by atoms with E-state index in [1.54, 1.807) is 12.1 Å². The molecule has 0 saturated carbocycles. The first-order valence-corrected chi connectivity index (χ1v) is 8.35. The van der Waals surface area contributed by atoms with Crippen LogP contribution >= 0.6 is 11.6 Å². The summed E-state index contributed by atoms with van der Waals surface area (Å²) < 4.78 is 12.9. The van der Waals surface area contributed by atoms with E-state index in [4.69, 9.17) is 11.6 Å². The van der Waals surface area contributed by atoms with Gasteiger partial charge in [-0.05, 0) is 41.8 Å². The van der Waals surface area contributed by atoms with Gasteiger partial charge in [-0.1, -0.05) is 35.9 Å². The second-order valence-corrected chi connectivity index (χ2v) is 6.01. The predicted molar refractivity (Wildman–Crippen MR) is 99.4 cm³/mol. The van der Waals surface area contributed by atoms with E-state index < -0.39 is 0 Å². The largest absolute Gasteiger partial charge is 0.370 e. The lowest BCUT2D eigenvalue weighted by atomic mass is 10.1. The number of anilines is 2. The molecule has 1 heterocycles. The molecule has 0 spiro atoms. The highest BCUT2D eigenvalue weighted by Crippen LogP contribution is 2.13. The second-order valence-electron chi connectivity index (χ2n) is 5.58. The summed E-state index contributed by atoms with van der Waals surface area (Å²) in [4.78, 5) is 8.41. The zero-order valence-electron chi connectivity index (χ0n) is 13.5. The average Bonchev–Trinajstić information content (AvgIpc) is 2.62. The highest BCUT2D eigenvalue weighted by Gasteiger charge is 2.00. The van der Waals surface area contributed by atoms with Crippen molar-refractivity contribution < 1.29 is 4.39 Å². The molecule has 0 amide bonds. The van der Waals surface area contributed by atoms with E-state index >= 15 is 0 Å². The van der Waals surface area contributed by atoms with Crippen LogP contribution in [-0.2, 0) is 13.0 Å². The average molecular weight is 357 g/mol. The van der Waals surface area contributed by atoms with Gasteiger partial charge in [0.05, 0.1) is 0 Å². The minimum absolute atomic E-state index is 0.239. The van der Waals surface area contributed by atoms with Gasteiger partial charge in [-0.2, -0.15) is 0 Å². The predicted octanol–water partition coefficient (Wildman–Crippen LogP) is 4.54. The molecule has 2 N–H and O–H groups in total. The number of benzene rings is 2. The summed E-state index contributed by atoms with van der Waals surface area (Å²) in [5, 5.41) is 7.22. The number of aromatic nitrogens is 2. The van der Waals surface area contributed by atoms with Gasteiger partial charge < -0.3 is 10.6 Å². The van der Waals surface area contributed by atoms with E-state index in [2.05, 4.69) is 20.6 Å². The van der Waals surface area contributed by atoms with E-state index in [1.807, 2.05) is 30.3 Å². The lowest BCUT2D eigenvalue weighted by Crippen LogP contribution is -2.08. The van der Waals surface area contributed by atoms with Gasteiger partial charge in [0.25, 0.3) is 0 Å². The monoisotopic (exact) mass is 356 g/mol. The lowest BCUT2D eigenvalue weighted by Gasteiger charge is -2.09. The van der Waals surface area contributed by atoms with Gasteiger partial charge in [-0.25, -0.2) is 14.4 Å². The van der Waals surface area contributed by atoms with Gasteiger partial charge in [-0.15, -0.1) is 0 Å². The molecule has 0 atom stereocenters. The third-order valence-corrected chi connectivity index (χ3v) is 3.90. The van der Waals surface area contributed by atoms with E-state index in [0.29, 0.717) is 12.4 Å². The van der Waals surface area contributed by atoms with Gasteiger partial charge >= 0.3 is 0 Å². The molecule has 0 bridgehead atoms. The van der Waals surface area contributed by atoms with Crippen LogP contribution in [0.5, 0.6) is 0 Å². The van der Waals surface area contributed by atoms with Gasteiger partial charge in [0.1, 0.15) is 23.8 Å². The number of nitrogens with zero attached hydrogens (tertiary/aromatic N) is 2. The maximum Gasteiger partial charge on any atom is 0.131 e. The van der Waals surface area contributed by atoms with Crippen molar-refractivity contribution in [3.05, 3.63) is 82.9 Å². The van der Waals surface area contributed by atoms with Crippen molar-refractivity contribution in [1.29, 1.82) is 0 Å². The Kier molecular flexibility index (Phi) is 5.80. The van der Waals surface area contributed by atoms with E-state index in [9.17, 15) is 4.39 Å². The Labute approximate surface area is 151 Å². The van der Waals surface area contributed by atoms with Gasteiger partial charge in [0.15, 0.2) is 0 Å². The molecule has 0 radical (unpaired) electrons. The quantitative estimate of drug-likeness (QED) is 0.652. The normalized spacial score (nSPS) is 10.5. The first kappa shape index (κ1) is 17.2. The number of hydrogen-bond donors (Lipinski definition) is 2. The Morgan fingerprint density at radius 1 is 0.880 bits per heavy atom. The number of halogens is 2. The summed E-state index contributed by atoms with van der Waals surface area (Å²) in [6.07, 6.45) is 2.36. The Hall–Kier alpha value is -2.66. The maximum absolute atomic E-state index is 12.9. The summed E-state index contributed by atoms with van der Waals surface area (Å²) in [7, 11) is 0. The zero-order chi connectivity index (χ0) is 17.5. The van der Waals surface area contributed by atoms with Crippen LogP contribution in [0.1, 0.15) is 11.1 Å². The van der Waals surface area contributed by atoms with Gasteiger partial charge in [0, 0.05) is 24.2 Å². The maximum atomic E-state index is 12.9. The molecule has 128 valence electrons. The molecule has 4 nitrogen and oxygen atoms in total. The fourth-order valence-corrected chi connectivity index (χ4v) is 2.59. The Bertz CT molecular complexity index is 824. The lowest BCUT2D eigenvalue weighted by molar-refractivity contribution is 0.627. The minimum Gasteiger partial charge on any atom is -0.370 e. The standard InChI is InChI=1S/C19H18ClFN4/c20-16-3-1-2-14(10-16)8-9-22-18-11-19(25-13-24-18)23-12-15-4-6-17(21)7-5-15/h1-7,10-11,13H,8-9,12H2,(H2,22,23,24,25). The smallest absolute Gasteiger partial charge is 0.131 e. The molecule has 3 aromatic rings. The van der Waals surface area contributed by atoms with Crippen LogP contribution in [0.3, 0.4) is 0 Å². The number of nitrogens with one attached hydrogen (secondary N) is 2. The molecule has 0 aliphatic rings. The molecule has 0 fully saturated rings. The molecule has 0 aliphatic carbocycles. The fraction of sp³-hybridized carbons (Fsp3) is 0.158. The van der Waals surface area contributed by atoms with Crippen LogP contribution < -0.4 is 10.6 Å². The highest BCUT2D eigenvalue weighted by atomic mass is 35.5. The summed E-state index contributed by atoms with van der Waals surface area (Å²) in [5.41, 5.74) is 2.15. The van der Waals surface area contributed by atoms with Crippen molar-refractivity contribution in [2.45, 2.75) is 13.0 Å². The van der Waals surface area contributed by atoms with E-state index in [-0.39, 0.29) is 5.82 Å². The van der Waals surface area contributed by atoms with Crippen molar-refractivity contribution in [2.24, 2.45) is 0 Å². The highest BCUT2D eigenvalue weighted by molar-refractivity contribution is 6.30. The van der Waals surface area contributed by atoms with Gasteiger partial charge in [0.2, 0.25) is 0 Å². The third-order valence-electron chi connectivity index (χ3n) is 3.66. The summed E-state index contributed by atoms with van der Waals surface area (Å²) in [6.45, 7) is 1.31. The molecule has 1 aromatic heterocycles. The van der Waals surface area contributed by atoms with Crippen LogP contribution in [0.4, 0.5) is 16.0 Å². The molecule has 6 heteroatoms. The van der Waals surface area contributed by atoms with Crippen LogP contribution in [0.15, 0.2) is 60.9 Å². The summed E-state index contributed by atoms with van der Waals surface area (Å²) in [5.74, 6) is 1.22. The topological polar surface area (TPSA) is 49.8 Å². The summed E-state index contributed by atoms with van der Waals surface area (Å²) >= 11 is 5.99. The van der Waals surface area contributed by atoms with Gasteiger partial charge in [-0.3, -0.25) is 0 Å². The molecule has 0 saturated heterocycles. The SMILES string of the molecule is Fc1ccc(CNc2cc(NCCc3cccc(Cl)c3)ncn2)cc1. The molecule has 3 rings (SSSR count). The zero-order valence-corrected chi connectivity index (χ0v) is 14.3. The first-order valence-electron chi connectivity index (χ1n) is 7.98. The Morgan fingerprint density at radius 3 is 2.40 bits per heavy atom. The van der Waals surface area contributed by atoms with Crippen LogP contribution in [0.25, 0.3) is 0 Å². The second kappa shape index (κ2) is 8.44. The van der Waals surface area contributed by atoms with Crippen molar-refractivity contribution in [2.75, 3.05) is 17.2 Å². The first-order chi connectivity index (χ1) is 12.2. The Balaban J connectivity index is 1.51. The third kappa shape index (κ3) is 5.43. The van der Waals surface area contributed by atoms with Crippen molar-refractivity contribution in [1.82, 2.24) is 9.97 Å². The minimum atomic E-state index is -0.239. The van der Waals surface area contributed by atoms with Crippen LogP contribution in [0.2, 0.25) is 5.02 Å². The molecule has 0 unspecified atom stereocenters. The van der Waals surface area contributed by atoms with Crippen LogP contribution in [0, 0.1) is 5.82 Å². The molecule has 2 aromatic carbocycles. The molecular formula is C19H18ClFN4. The number of rotatable bonds is 7. The Morgan fingerprint density at radius 2 is 1.64 bits per heavy atom. The summed E-state index contributed by atoms with van der Waals surface area (Å²) in [6, 6.07) is 16.0. The van der Waals surface area contributed by atoms with E-state index in [0.717, 1.165) is 29.4 Å². The molecular weight excluding hydrogens is 339 g/mol. The molecule has 25 heavy (non-hydrogen) atoms. The van der Waals surface area contributed by atoms with Crippen LogP contribution in [-0.4, -0.2) is 16.5 Å². The fourth-order valence-electron chi connectivity index (χ4n) is 2.37. The van der Waals surface area contributed by atoms with Crippen molar-refractivity contribution >= 4 is 23.2 Å².